The van der Waals surface area contributed by atoms with Crippen molar-refractivity contribution in [2.75, 3.05) is 20.7 Å². The third-order valence-electron chi connectivity index (χ3n) is 5.74. The van der Waals surface area contributed by atoms with E-state index in [4.69, 9.17) is 4.74 Å². The van der Waals surface area contributed by atoms with Gasteiger partial charge >= 0.3 is 0 Å². The molecule has 4 nitrogen and oxygen atoms in total. The highest BCUT2D eigenvalue weighted by molar-refractivity contribution is 7.89. The summed E-state index contributed by atoms with van der Waals surface area (Å²) in [6.45, 7) is 0.774. The van der Waals surface area contributed by atoms with Gasteiger partial charge in [-0.2, -0.15) is 0 Å². The highest BCUT2D eigenvalue weighted by Gasteiger charge is 2.18. The van der Waals surface area contributed by atoms with Crippen LogP contribution in [0.15, 0.2) is 65.6 Å². The van der Waals surface area contributed by atoms with Crippen LogP contribution in [-0.4, -0.2) is 33.4 Å². The molecule has 0 amide bonds. The third-order valence-corrected chi connectivity index (χ3v) is 7.55. The summed E-state index contributed by atoms with van der Waals surface area (Å²) in [5, 5.41) is 1.91. The minimum absolute atomic E-state index is 0.308. The number of fused-ring (bicyclic) bond motifs is 1. The van der Waals surface area contributed by atoms with Crippen molar-refractivity contribution >= 4 is 20.8 Å². The van der Waals surface area contributed by atoms with Crippen molar-refractivity contribution in [3.05, 3.63) is 60.7 Å². The van der Waals surface area contributed by atoms with Gasteiger partial charge < -0.3 is 4.74 Å². The van der Waals surface area contributed by atoms with Gasteiger partial charge in [-0.05, 0) is 59.4 Å². The van der Waals surface area contributed by atoms with Gasteiger partial charge in [-0.1, -0.05) is 49.2 Å². The zero-order valence-electron chi connectivity index (χ0n) is 17.0. The van der Waals surface area contributed by atoms with E-state index in [1.165, 1.54) is 30.0 Å². The lowest BCUT2D eigenvalue weighted by molar-refractivity contribution is 0.253. The molecule has 0 heterocycles. The fraction of sp³-hybridized carbons (Fsp3) is 0.333. The smallest absolute Gasteiger partial charge is 0.242 e. The van der Waals surface area contributed by atoms with Gasteiger partial charge in [-0.15, -0.1) is 0 Å². The van der Waals surface area contributed by atoms with E-state index in [1.54, 1.807) is 26.2 Å². The minimum Gasteiger partial charge on any atom is -0.493 e. The van der Waals surface area contributed by atoms with Crippen LogP contribution in [0.2, 0.25) is 0 Å². The van der Waals surface area contributed by atoms with Crippen LogP contribution in [0.1, 0.15) is 25.7 Å². The molecular formula is C24H27NO3S. The van der Waals surface area contributed by atoms with Gasteiger partial charge in [0.05, 0.1) is 11.5 Å². The lowest BCUT2D eigenvalue weighted by atomic mass is 10.0. The Morgan fingerprint density at radius 1 is 0.931 bits per heavy atom. The van der Waals surface area contributed by atoms with Gasteiger partial charge in [0.25, 0.3) is 0 Å². The molecule has 1 aliphatic rings. The third kappa shape index (κ3) is 4.16. The first-order valence-electron chi connectivity index (χ1n) is 10.1. The molecule has 0 saturated heterocycles. The molecule has 0 unspecified atom stereocenters. The molecule has 0 spiro atoms. The number of hydrogen-bond acceptors (Lipinski definition) is 3. The predicted octanol–water partition coefficient (Wildman–Crippen LogP) is 5.33. The van der Waals surface area contributed by atoms with E-state index >= 15 is 0 Å². The topological polar surface area (TPSA) is 46.6 Å². The van der Waals surface area contributed by atoms with Crippen molar-refractivity contribution in [3.63, 3.8) is 0 Å². The Morgan fingerprint density at radius 3 is 2.38 bits per heavy atom. The summed E-state index contributed by atoms with van der Waals surface area (Å²) in [6.07, 6.45) is 5.14. The van der Waals surface area contributed by atoms with Crippen molar-refractivity contribution in [3.8, 4) is 16.9 Å². The highest BCUT2D eigenvalue weighted by Crippen LogP contribution is 2.34. The molecular weight excluding hydrogens is 382 g/mol. The Morgan fingerprint density at radius 2 is 1.62 bits per heavy atom. The molecule has 152 valence electrons. The maximum Gasteiger partial charge on any atom is 0.242 e. The first-order chi connectivity index (χ1) is 13.9. The van der Waals surface area contributed by atoms with Crippen LogP contribution in [0.4, 0.5) is 0 Å². The van der Waals surface area contributed by atoms with Crippen molar-refractivity contribution in [1.29, 1.82) is 0 Å². The van der Waals surface area contributed by atoms with Gasteiger partial charge in [-0.25, -0.2) is 12.7 Å². The monoisotopic (exact) mass is 409 g/mol. The number of nitrogens with zero attached hydrogens (tertiary/aromatic N) is 1. The summed E-state index contributed by atoms with van der Waals surface area (Å²) >= 11 is 0. The molecule has 1 fully saturated rings. The summed E-state index contributed by atoms with van der Waals surface area (Å²) in [5.74, 6) is 1.57. The Kier molecular flexibility index (Phi) is 5.61. The van der Waals surface area contributed by atoms with E-state index in [1.807, 2.05) is 36.4 Å². The van der Waals surface area contributed by atoms with Gasteiger partial charge in [0.1, 0.15) is 5.75 Å². The van der Waals surface area contributed by atoms with E-state index in [2.05, 4.69) is 12.1 Å². The van der Waals surface area contributed by atoms with Crippen LogP contribution < -0.4 is 4.74 Å². The fourth-order valence-corrected chi connectivity index (χ4v) is 4.92. The summed E-state index contributed by atoms with van der Waals surface area (Å²) in [4.78, 5) is 0.308. The average molecular weight is 410 g/mol. The van der Waals surface area contributed by atoms with Crippen LogP contribution >= 0.6 is 0 Å². The number of benzene rings is 3. The lowest BCUT2D eigenvalue weighted by Crippen LogP contribution is -2.22. The Bertz CT molecular complexity index is 1120. The highest BCUT2D eigenvalue weighted by atomic mass is 32.2. The normalized spacial score (nSPS) is 15.3. The SMILES string of the molecule is CN(C)S(=O)(=O)c1ccc2cc(-c3ccccc3OCC3CCCC3)ccc2c1. The van der Waals surface area contributed by atoms with Crippen LogP contribution in [0, 0.1) is 5.92 Å². The van der Waals surface area contributed by atoms with Crippen LogP contribution in [0.25, 0.3) is 21.9 Å². The quantitative estimate of drug-likeness (QED) is 0.553. The fourth-order valence-electron chi connectivity index (χ4n) is 3.98. The molecule has 1 saturated carbocycles. The molecule has 3 aromatic carbocycles. The van der Waals surface area contributed by atoms with Crippen molar-refractivity contribution in [2.45, 2.75) is 30.6 Å². The molecule has 0 N–H and O–H groups in total. The molecule has 0 aliphatic heterocycles. The largest absolute Gasteiger partial charge is 0.493 e. The number of sulfonamides is 1. The summed E-state index contributed by atoms with van der Waals surface area (Å²) in [6, 6.07) is 19.5. The summed E-state index contributed by atoms with van der Waals surface area (Å²) < 4.78 is 32.2. The number of rotatable bonds is 6. The zero-order valence-corrected chi connectivity index (χ0v) is 17.8. The van der Waals surface area contributed by atoms with E-state index in [0.717, 1.165) is 34.3 Å². The number of para-hydroxylation sites is 1. The van der Waals surface area contributed by atoms with Gasteiger partial charge in [0, 0.05) is 19.7 Å². The zero-order chi connectivity index (χ0) is 20.4. The molecule has 0 bridgehead atoms. The van der Waals surface area contributed by atoms with E-state index < -0.39 is 10.0 Å². The van der Waals surface area contributed by atoms with Gasteiger partial charge in [-0.3, -0.25) is 0 Å². The van der Waals surface area contributed by atoms with Crippen molar-refractivity contribution in [1.82, 2.24) is 4.31 Å². The maximum absolute atomic E-state index is 12.4. The standard InChI is InChI=1S/C24H27NO3S/c1-25(2)29(26,27)22-14-13-19-15-21(12-11-20(19)16-22)23-9-5-6-10-24(23)28-17-18-7-3-4-8-18/h5-6,9-16,18H,3-4,7-8,17H2,1-2H3. The predicted molar refractivity (Wildman–Crippen MR) is 118 cm³/mol. The summed E-state index contributed by atoms with van der Waals surface area (Å²) in [5.41, 5.74) is 2.14. The number of hydrogen-bond donors (Lipinski definition) is 0. The minimum atomic E-state index is -3.44. The Labute approximate surface area is 173 Å². The van der Waals surface area contributed by atoms with Gasteiger partial charge in [0.2, 0.25) is 10.0 Å². The first-order valence-corrected chi connectivity index (χ1v) is 11.6. The average Bonchev–Trinajstić information content (AvgIpc) is 3.25. The molecule has 3 aromatic rings. The maximum atomic E-state index is 12.4. The lowest BCUT2D eigenvalue weighted by Gasteiger charge is -2.15. The molecule has 29 heavy (non-hydrogen) atoms. The second-order valence-electron chi connectivity index (χ2n) is 7.97. The molecule has 0 radical (unpaired) electrons. The second kappa shape index (κ2) is 8.17. The van der Waals surface area contributed by atoms with Crippen LogP contribution in [0.3, 0.4) is 0 Å². The summed E-state index contributed by atoms with van der Waals surface area (Å²) in [7, 11) is -0.346. The first kappa shape index (κ1) is 19.9. The second-order valence-corrected chi connectivity index (χ2v) is 10.1. The van der Waals surface area contributed by atoms with E-state index in [0.29, 0.717) is 10.8 Å². The number of ether oxygens (including phenoxy) is 1. The molecule has 0 aromatic heterocycles. The van der Waals surface area contributed by atoms with Crippen molar-refractivity contribution < 1.29 is 13.2 Å². The van der Waals surface area contributed by atoms with Crippen LogP contribution in [-0.2, 0) is 10.0 Å². The molecule has 4 rings (SSSR count). The Balaban J connectivity index is 1.65. The molecule has 5 heteroatoms. The van der Waals surface area contributed by atoms with E-state index in [9.17, 15) is 8.42 Å². The molecule has 0 atom stereocenters. The van der Waals surface area contributed by atoms with Gasteiger partial charge in [0.15, 0.2) is 0 Å². The van der Waals surface area contributed by atoms with Crippen molar-refractivity contribution in [2.24, 2.45) is 5.92 Å². The van der Waals surface area contributed by atoms with Crippen LogP contribution in [0.5, 0.6) is 5.75 Å². The Hall–Kier alpha value is -2.37. The van der Waals surface area contributed by atoms with E-state index in [-0.39, 0.29) is 0 Å². The molecule has 1 aliphatic carbocycles.